The summed E-state index contributed by atoms with van der Waals surface area (Å²) in [6.45, 7) is 10.8. The summed E-state index contributed by atoms with van der Waals surface area (Å²) in [4.78, 5) is 17.5. The van der Waals surface area contributed by atoms with Crippen LogP contribution in [-0.4, -0.2) is 19.9 Å². The van der Waals surface area contributed by atoms with E-state index in [0.29, 0.717) is 0 Å². The van der Waals surface area contributed by atoms with Gasteiger partial charge in [0, 0.05) is 53.9 Å². The first-order valence-electron chi connectivity index (χ1n) is 20.7. The predicted octanol–water partition coefficient (Wildman–Crippen LogP) is 15.7. The second-order valence-corrected chi connectivity index (χ2v) is 14.2. The van der Waals surface area contributed by atoms with Gasteiger partial charge in [0.2, 0.25) is 0 Å². The van der Waals surface area contributed by atoms with Crippen molar-refractivity contribution in [3.8, 4) is 55.9 Å². The highest BCUT2D eigenvalue weighted by atomic mass is 14.7. The molecule has 0 radical (unpaired) electrons. The zero-order valence-electron chi connectivity index (χ0n) is 35.1. The van der Waals surface area contributed by atoms with E-state index in [2.05, 4.69) is 142 Å². The monoisotopic (exact) mass is 800 g/mol. The van der Waals surface area contributed by atoms with Crippen LogP contribution in [-0.2, 0) is 0 Å². The average molecular weight is 801 g/mol. The highest BCUT2D eigenvalue weighted by molar-refractivity contribution is 6.27. The van der Waals surface area contributed by atoms with Crippen molar-refractivity contribution < 1.29 is 0 Å². The Hall–Kier alpha value is -8.08. The molecule has 0 atom stereocenters. The van der Waals surface area contributed by atoms with Crippen LogP contribution in [0.4, 0.5) is 0 Å². The highest BCUT2D eigenvalue weighted by Crippen LogP contribution is 2.43. The Morgan fingerprint density at radius 3 is 1.32 bits per heavy atom. The lowest BCUT2D eigenvalue weighted by atomic mass is 9.86. The van der Waals surface area contributed by atoms with Crippen LogP contribution in [0.1, 0.15) is 13.8 Å². The summed E-state index contributed by atoms with van der Waals surface area (Å²) in [6, 6.07) is 55.6. The van der Waals surface area contributed by atoms with Gasteiger partial charge >= 0.3 is 0 Å². The van der Waals surface area contributed by atoms with Crippen LogP contribution in [0.3, 0.4) is 0 Å². The molecule has 6 aromatic carbocycles. The molecular weight excluding hydrogens is 753 g/mol. The van der Waals surface area contributed by atoms with Gasteiger partial charge in [0.25, 0.3) is 0 Å². The van der Waals surface area contributed by atoms with Crippen molar-refractivity contribution in [2.75, 3.05) is 0 Å². The summed E-state index contributed by atoms with van der Waals surface area (Å²) >= 11 is 0. The van der Waals surface area contributed by atoms with Gasteiger partial charge in [-0.2, -0.15) is 0 Å². The standard InChI is InChI=1S/C43H27N3.C5H5N.2C5H8/c1-3-21-45-40(10-1)34-24-33(25-35(26-34)41-11-2-4-22-46-41)37-17-13-29-14-18-38-36(16-12-28-15-19-39(37)43(29)42(28)38)31-8-5-7-30(23-31)32-9-6-20-44-27-32;1-2-4-6-5-3-1;2*1-3-5-4-2/h1-27H;1-5H;2*3-5H,1H2,2H3/b;;2*5-4-. The number of pyridine rings is 4. The van der Waals surface area contributed by atoms with Crippen molar-refractivity contribution >= 4 is 32.3 Å². The minimum atomic E-state index is 0.942. The molecule has 0 fully saturated rings. The predicted molar refractivity (Wildman–Crippen MR) is 265 cm³/mol. The van der Waals surface area contributed by atoms with E-state index in [1.165, 1.54) is 49.0 Å². The number of rotatable bonds is 7. The summed E-state index contributed by atoms with van der Waals surface area (Å²) in [5.74, 6) is 0. The van der Waals surface area contributed by atoms with Gasteiger partial charge in [-0.3, -0.25) is 19.9 Å². The van der Waals surface area contributed by atoms with E-state index in [-0.39, 0.29) is 0 Å². The van der Waals surface area contributed by atoms with E-state index in [1.807, 2.05) is 111 Å². The lowest BCUT2D eigenvalue weighted by Crippen LogP contribution is -1.92. The number of benzene rings is 6. The zero-order chi connectivity index (χ0) is 42.9. The summed E-state index contributed by atoms with van der Waals surface area (Å²) in [5, 5.41) is 7.57. The Bertz CT molecular complexity index is 2950. The largest absolute Gasteiger partial charge is 0.265 e. The first-order chi connectivity index (χ1) is 30.6. The minimum absolute atomic E-state index is 0.942. The van der Waals surface area contributed by atoms with E-state index in [0.717, 1.165) is 39.2 Å². The Morgan fingerprint density at radius 2 is 0.871 bits per heavy atom. The second kappa shape index (κ2) is 21.3. The molecule has 4 heterocycles. The van der Waals surface area contributed by atoms with Gasteiger partial charge in [-0.1, -0.05) is 141 Å². The minimum Gasteiger partial charge on any atom is -0.265 e. The van der Waals surface area contributed by atoms with Gasteiger partial charge in [0.15, 0.2) is 0 Å². The van der Waals surface area contributed by atoms with E-state index in [1.54, 1.807) is 24.5 Å². The fourth-order valence-electron chi connectivity index (χ4n) is 7.43. The molecule has 0 aliphatic rings. The van der Waals surface area contributed by atoms with Gasteiger partial charge in [0.05, 0.1) is 11.4 Å². The Morgan fingerprint density at radius 1 is 0.387 bits per heavy atom. The van der Waals surface area contributed by atoms with E-state index in [9.17, 15) is 0 Å². The zero-order valence-corrected chi connectivity index (χ0v) is 35.1. The van der Waals surface area contributed by atoms with Crippen LogP contribution < -0.4 is 0 Å². The van der Waals surface area contributed by atoms with E-state index < -0.39 is 0 Å². The molecular formula is C58H48N4. The Kier molecular flexibility index (Phi) is 14.4. The van der Waals surface area contributed by atoms with Crippen LogP contribution in [0.15, 0.2) is 245 Å². The molecule has 4 aromatic heterocycles. The first-order valence-corrected chi connectivity index (χ1v) is 20.7. The van der Waals surface area contributed by atoms with Gasteiger partial charge in [-0.25, -0.2) is 0 Å². The summed E-state index contributed by atoms with van der Waals surface area (Å²) in [5.41, 5.74) is 11.1. The van der Waals surface area contributed by atoms with Gasteiger partial charge in [0.1, 0.15) is 0 Å². The fourth-order valence-corrected chi connectivity index (χ4v) is 7.43. The van der Waals surface area contributed by atoms with Crippen LogP contribution in [0.5, 0.6) is 0 Å². The lowest BCUT2D eigenvalue weighted by Gasteiger charge is -2.17. The number of hydrogen-bond acceptors (Lipinski definition) is 4. The summed E-state index contributed by atoms with van der Waals surface area (Å²) < 4.78 is 0. The Balaban J connectivity index is 0.000000308. The van der Waals surface area contributed by atoms with Gasteiger partial charge < -0.3 is 0 Å². The molecule has 300 valence electrons. The molecule has 10 aromatic rings. The third kappa shape index (κ3) is 10.0. The van der Waals surface area contributed by atoms with Crippen LogP contribution in [0.25, 0.3) is 88.2 Å². The molecule has 0 N–H and O–H groups in total. The first kappa shape index (κ1) is 42.1. The number of hydrogen-bond donors (Lipinski definition) is 0. The molecule has 0 spiro atoms. The number of allylic oxidation sites excluding steroid dienone is 6. The third-order valence-electron chi connectivity index (χ3n) is 10.2. The van der Waals surface area contributed by atoms with Crippen LogP contribution in [0.2, 0.25) is 0 Å². The maximum Gasteiger partial charge on any atom is 0.0702 e. The van der Waals surface area contributed by atoms with Crippen molar-refractivity contribution in [2.45, 2.75) is 13.8 Å². The molecule has 62 heavy (non-hydrogen) atoms. The van der Waals surface area contributed by atoms with Crippen molar-refractivity contribution in [1.29, 1.82) is 0 Å². The van der Waals surface area contributed by atoms with Crippen LogP contribution in [0, 0.1) is 0 Å². The molecule has 0 saturated carbocycles. The molecule has 0 aliphatic carbocycles. The SMILES string of the molecule is C=C/C=C\C.C=C/C=C\C.c1ccc(-c2cc(-c3ccccn3)cc(-c3ccc4ccc5c(-c6cccc(-c7cccnc7)c6)ccc6ccc3c4c65)c2)nc1.c1ccncc1. The average Bonchev–Trinajstić information content (AvgIpc) is 3.35. The molecule has 4 nitrogen and oxygen atoms in total. The molecule has 0 amide bonds. The third-order valence-corrected chi connectivity index (χ3v) is 10.2. The molecule has 0 bridgehead atoms. The second-order valence-electron chi connectivity index (χ2n) is 14.2. The van der Waals surface area contributed by atoms with E-state index in [4.69, 9.17) is 0 Å². The Labute approximate surface area is 365 Å². The molecule has 0 aliphatic heterocycles. The fraction of sp³-hybridized carbons (Fsp3) is 0.0345. The van der Waals surface area contributed by atoms with Crippen molar-refractivity contribution in [3.05, 3.63) is 245 Å². The maximum atomic E-state index is 4.69. The smallest absolute Gasteiger partial charge is 0.0702 e. The maximum absolute atomic E-state index is 4.69. The molecule has 0 saturated heterocycles. The molecule has 0 unspecified atom stereocenters. The quantitative estimate of drug-likeness (QED) is 0.119. The normalized spacial score (nSPS) is 10.7. The molecule has 4 heteroatoms. The van der Waals surface area contributed by atoms with E-state index >= 15 is 0 Å². The van der Waals surface area contributed by atoms with Crippen molar-refractivity contribution in [2.24, 2.45) is 0 Å². The summed E-state index contributed by atoms with van der Waals surface area (Å²) in [7, 11) is 0. The van der Waals surface area contributed by atoms with Crippen LogP contribution >= 0.6 is 0 Å². The van der Waals surface area contributed by atoms with Crippen molar-refractivity contribution in [3.63, 3.8) is 0 Å². The number of aromatic nitrogens is 4. The lowest BCUT2D eigenvalue weighted by molar-refractivity contribution is 1.31. The topological polar surface area (TPSA) is 51.6 Å². The van der Waals surface area contributed by atoms with Gasteiger partial charge in [-0.15, -0.1) is 0 Å². The van der Waals surface area contributed by atoms with Gasteiger partial charge in [-0.05, 0) is 141 Å². The highest BCUT2D eigenvalue weighted by Gasteiger charge is 2.17. The molecule has 10 rings (SSSR count). The summed E-state index contributed by atoms with van der Waals surface area (Å²) in [6.07, 6.45) is 22.1. The van der Waals surface area contributed by atoms with Crippen molar-refractivity contribution in [1.82, 2.24) is 19.9 Å². The number of nitrogens with zero attached hydrogens (tertiary/aromatic N) is 4.